The zero-order valence-electron chi connectivity index (χ0n) is 18.2. The number of aliphatic carboxylic acids is 1. The van der Waals surface area contributed by atoms with Gasteiger partial charge in [0.15, 0.2) is 0 Å². The average Bonchev–Trinajstić information content (AvgIpc) is 3.25. The van der Waals surface area contributed by atoms with Crippen molar-refractivity contribution in [1.29, 1.82) is 0 Å². The van der Waals surface area contributed by atoms with Crippen LogP contribution in [-0.4, -0.2) is 71.6 Å². The highest BCUT2D eigenvalue weighted by atomic mass is 16.5. The lowest BCUT2D eigenvalue weighted by molar-refractivity contribution is -0.153. The van der Waals surface area contributed by atoms with E-state index in [1.807, 2.05) is 20.8 Å². The highest BCUT2D eigenvalue weighted by Gasteiger charge is 2.42. The summed E-state index contributed by atoms with van der Waals surface area (Å²) in [5.41, 5.74) is 0. The molecule has 0 aromatic rings. The van der Waals surface area contributed by atoms with Gasteiger partial charge in [-0.15, -0.1) is 0 Å². The van der Waals surface area contributed by atoms with Crippen LogP contribution >= 0.6 is 0 Å². The molecule has 3 amide bonds. The minimum absolute atomic E-state index is 0.188. The van der Waals surface area contributed by atoms with Crippen molar-refractivity contribution < 1.29 is 29.0 Å². The molecule has 0 spiro atoms. The van der Waals surface area contributed by atoms with Gasteiger partial charge in [-0.1, -0.05) is 27.2 Å². The number of carbonyl (C=O) groups is 4. The summed E-state index contributed by atoms with van der Waals surface area (Å²) >= 11 is 0. The molecule has 5 atom stereocenters. The van der Waals surface area contributed by atoms with E-state index in [2.05, 4.69) is 10.6 Å². The van der Waals surface area contributed by atoms with Crippen molar-refractivity contribution in [1.82, 2.24) is 15.5 Å². The van der Waals surface area contributed by atoms with Gasteiger partial charge in [-0.05, 0) is 38.0 Å². The molecule has 170 valence electrons. The number of nitrogens with zero attached hydrogens (tertiary/aromatic N) is 1. The number of carboxylic acids is 1. The molecule has 2 unspecified atom stereocenters. The molecule has 2 fully saturated rings. The van der Waals surface area contributed by atoms with Crippen LogP contribution in [0.2, 0.25) is 0 Å². The smallest absolute Gasteiger partial charge is 0.326 e. The van der Waals surface area contributed by atoms with Crippen molar-refractivity contribution in [3.8, 4) is 0 Å². The van der Waals surface area contributed by atoms with Gasteiger partial charge >= 0.3 is 5.97 Å². The molecule has 2 heterocycles. The van der Waals surface area contributed by atoms with E-state index >= 15 is 0 Å². The Balaban J connectivity index is 2.14. The van der Waals surface area contributed by atoms with Gasteiger partial charge in [-0.25, -0.2) is 4.79 Å². The zero-order valence-corrected chi connectivity index (χ0v) is 18.2. The third-order valence-corrected chi connectivity index (χ3v) is 6.06. The van der Waals surface area contributed by atoms with Crippen LogP contribution in [0, 0.1) is 11.8 Å². The lowest BCUT2D eigenvalue weighted by Gasteiger charge is -2.34. The first-order valence-electron chi connectivity index (χ1n) is 11.0. The second kappa shape index (κ2) is 11.3. The summed E-state index contributed by atoms with van der Waals surface area (Å²) in [4.78, 5) is 51.6. The van der Waals surface area contributed by atoms with Gasteiger partial charge in [0, 0.05) is 19.7 Å². The Morgan fingerprint density at radius 3 is 2.50 bits per heavy atom. The fourth-order valence-corrected chi connectivity index (χ4v) is 4.07. The molecule has 0 aromatic heterocycles. The molecule has 9 heteroatoms. The average molecular weight is 426 g/mol. The van der Waals surface area contributed by atoms with Crippen LogP contribution in [-0.2, 0) is 23.9 Å². The number of hydrogen-bond donors (Lipinski definition) is 3. The van der Waals surface area contributed by atoms with E-state index in [1.54, 1.807) is 0 Å². The van der Waals surface area contributed by atoms with Crippen molar-refractivity contribution in [2.45, 2.75) is 77.5 Å². The predicted molar refractivity (Wildman–Crippen MR) is 110 cm³/mol. The number of ether oxygens (including phenoxy) is 1. The Morgan fingerprint density at radius 2 is 1.87 bits per heavy atom. The van der Waals surface area contributed by atoms with Gasteiger partial charge in [-0.3, -0.25) is 14.4 Å². The van der Waals surface area contributed by atoms with E-state index < -0.39 is 36.0 Å². The first kappa shape index (κ1) is 24.1. The van der Waals surface area contributed by atoms with Crippen molar-refractivity contribution in [3.05, 3.63) is 0 Å². The van der Waals surface area contributed by atoms with Crippen LogP contribution < -0.4 is 10.6 Å². The van der Waals surface area contributed by atoms with Crippen LogP contribution in [0.5, 0.6) is 0 Å². The maximum absolute atomic E-state index is 13.2. The first-order valence-corrected chi connectivity index (χ1v) is 11.0. The highest BCUT2D eigenvalue weighted by Crippen LogP contribution is 2.24. The molecule has 30 heavy (non-hydrogen) atoms. The standard InChI is InChI=1S/C21H35N3O6/c1-4-10-22-18(25)14-8-7-12-30-17(14)19(26)23-16(13(3)5-2)20(27)24-11-6-9-15(24)21(28)29/h13-17H,4-12H2,1-3H3,(H,22,25)(H,23,26)(H,28,29)/t13-,14?,15-,16-,17?/m0/s1. The lowest BCUT2D eigenvalue weighted by Crippen LogP contribution is -2.58. The molecule has 2 rings (SSSR count). The molecule has 2 aliphatic heterocycles. The Morgan fingerprint density at radius 1 is 1.13 bits per heavy atom. The van der Waals surface area contributed by atoms with Crippen molar-refractivity contribution in [2.75, 3.05) is 19.7 Å². The number of rotatable bonds is 9. The van der Waals surface area contributed by atoms with Crippen LogP contribution in [0.1, 0.15) is 59.3 Å². The molecule has 0 aliphatic carbocycles. The molecule has 9 nitrogen and oxygen atoms in total. The Kier molecular flexibility index (Phi) is 9.08. The number of carbonyl (C=O) groups excluding carboxylic acids is 3. The van der Waals surface area contributed by atoms with Crippen LogP contribution in [0.25, 0.3) is 0 Å². The Bertz CT molecular complexity index is 640. The van der Waals surface area contributed by atoms with Gasteiger partial charge in [0.05, 0.1) is 5.92 Å². The number of likely N-dealkylation sites (tertiary alicyclic amines) is 1. The van der Waals surface area contributed by atoms with Crippen LogP contribution in [0.3, 0.4) is 0 Å². The third-order valence-electron chi connectivity index (χ3n) is 6.06. The summed E-state index contributed by atoms with van der Waals surface area (Å²) in [5.74, 6) is -2.91. The minimum atomic E-state index is -1.03. The van der Waals surface area contributed by atoms with E-state index in [9.17, 15) is 24.3 Å². The third kappa shape index (κ3) is 5.71. The lowest BCUT2D eigenvalue weighted by atomic mass is 9.91. The van der Waals surface area contributed by atoms with Gasteiger partial charge in [0.2, 0.25) is 11.8 Å². The maximum atomic E-state index is 13.2. The normalized spacial score (nSPS) is 26.0. The molecular formula is C21H35N3O6. The second-order valence-electron chi connectivity index (χ2n) is 8.23. The maximum Gasteiger partial charge on any atom is 0.326 e. The monoisotopic (exact) mass is 425 g/mol. The van der Waals surface area contributed by atoms with Gasteiger partial charge < -0.3 is 25.4 Å². The van der Waals surface area contributed by atoms with E-state index in [4.69, 9.17) is 4.74 Å². The summed E-state index contributed by atoms with van der Waals surface area (Å²) in [7, 11) is 0. The van der Waals surface area contributed by atoms with E-state index in [0.29, 0.717) is 51.8 Å². The van der Waals surface area contributed by atoms with Gasteiger partial charge in [0.25, 0.3) is 5.91 Å². The zero-order chi connectivity index (χ0) is 22.3. The summed E-state index contributed by atoms with van der Waals surface area (Å²) in [6.07, 6.45) is 2.74. The number of nitrogens with one attached hydrogen (secondary N) is 2. The topological polar surface area (TPSA) is 125 Å². The molecule has 2 saturated heterocycles. The Hall–Kier alpha value is -2.16. The molecule has 3 N–H and O–H groups in total. The van der Waals surface area contributed by atoms with E-state index in [-0.39, 0.29) is 17.7 Å². The van der Waals surface area contributed by atoms with E-state index in [0.717, 1.165) is 6.42 Å². The molecular weight excluding hydrogens is 390 g/mol. The summed E-state index contributed by atoms with van der Waals surface area (Å²) in [6.45, 7) is 6.98. The summed E-state index contributed by atoms with van der Waals surface area (Å²) in [5, 5.41) is 15.0. The molecule has 0 bridgehead atoms. The van der Waals surface area contributed by atoms with Crippen LogP contribution in [0.15, 0.2) is 0 Å². The van der Waals surface area contributed by atoms with E-state index in [1.165, 1.54) is 4.90 Å². The summed E-state index contributed by atoms with van der Waals surface area (Å²) < 4.78 is 5.64. The molecule has 2 aliphatic rings. The number of hydrogen-bond acceptors (Lipinski definition) is 5. The first-order chi connectivity index (χ1) is 14.3. The quantitative estimate of drug-likeness (QED) is 0.504. The van der Waals surface area contributed by atoms with Crippen molar-refractivity contribution in [3.63, 3.8) is 0 Å². The van der Waals surface area contributed by atoms with Gasteiger partial charge in [0.1, 0.15) is 18.2 Å². The number of carboxylic acid groups (broad SMARTS) is 1. The van der Waals surface area contributed by atoms with Gasteiger partial charge in [-0.2, -0.15) is 0 Å². The number of amides is 3. The fraction of sp³-hybridized carbons (Fsp3) is 0.810. The van der Waals surface area contributed by atoms with Crippen LogP contribution in [0.4, 0.5) is 0 Å². The van der Waals surface area contributed by atoms with Crippen molar-refractivity contribution in [2.24, 2.45) is 11.8 Å². The fourth-order valence-electron chi connectivity index (χ4n) is 4.07. The minimum Gasteiger partial charge on any atom is -0.480 e. The largest absolute Gasteiger partial charge is 0.480 e. The SMILES string of the molecule is CCCNC(=O)C1CCCOC1C(=O)N[C@H](C(=O)N1CCC[C@H]1C(=O)O)[C@@H](C)CC. The molecule has 0 radical (unpaired) electrons. The highest BCUT2D eigenvalue weighted by molar-refractivity contribution is 5.94. The Labute approximate surface area is 177 Å². The molecule has 0 saturated carbocycles. The van der Waals surface area contributed by atoms with Crippen molar-refractivity contribution >= 4 is 23.7 Å². The molecule has 0 aromatic carbocycles. The summed E-state index contributed by atoms with van der Waals surface area (Å²) in [6, 6.07) is -1.72. The second-order valence-corrected chi connectivity index (χ2v) is 8.23. The predicted octanol–water partition coefficient (Wildman–Crippen LogP) is 0.914.